The number of carbonyl (C=O) groups excluding carboxylic acids is 2. The Hall–Kier alpha value is -1.72. The molecule has 1 aromatic rings. The van der Waals surface area contributed by atoms with Crippen LogP contribution in [0.4, 0.5) is 8.78 Å². The van der Waals surface area contributed by atoms with Crippen LogP contribution in [0.5, 0.6) is 0 Å². The Labute approximate surface area is 97.2 Å². The predicted molar refractivity (Wildman–Crippen MR) is 56.6 cm³/mol. The van der Waals surface area contributed by atoms with Crippen LogP contribution in [0.1, 0.15) is 32.1 Å². The molecule has 0 amide bonds. The standard InChI is InChI=1S/C11H13F2NO3/c1-6-7(2)14(4-9(12)13)10(8(6)5-15)11(16)17-3/h5,9H,4H2,1-3H3. The summed E-state index contributed by atoms with van der Waals surface area (Å²) in [4.78, 5) is 22.4. The molecule has 0 saturated carbocycles. The van der Waals surface area contributed by atoms with Crippen LogP contribution in [-0.2, 0) is 11.3 Å². The van der Waals surface area contributed by atoms with E-state index in [1.54, 1.807) is 13.8 Å². The molecular formula is C11H13F2NO3. The summed E-state index contributed by atoms with van der Waals surface area (Å²) in [6.07, 6.45) is -2.13. The predicted octanol–water partition coefficient (Wildman–Crippen LogP) is 1.97. The van der Waals surface area contributed by atoms with Gasteiger partial charge in [-0.2, -0.15) is 0 Å². The van der Waals surface area contributed by atoms with Crippen molar-refractivity contribution in [2.24, 2.45) is 0 Å². The number of methoxy groups -OCH3 is 1. The van der Waals surface area contributed by atoms with Gasteiger partial charge in [0.2, 0.25) is 0 Å². The molecule has 17 heavy (non-hydrogen) atoms. The maximum Gasteiger partial charge on any atom is 0.355 e. The topological polar surface area (TPSA) is 48.3 Å². The number of ether oxygens (including phenoxy) is 1. The lowest BCUT2D eigenvalue weighted by Crippen LogP contribution is -2.17. The zero-order valence-electron chi connectivity index (χ0n) is 9.79. The number of aromatic nitrogens is 1. The van der Waals surface area contributed by atoms with E-state index in [1.165, 1.54) is 0 Å². The lowest BCUT2D eigenvalue weighted by atomic mass is 10.1. The second-order valence-electron chi connectivity index (χ2n) is 3.58. The first-order valence-electron chi connectivity index (χ1n) is 4.95. The molecule has 0 atom stereocenters. The van der Waals surface area contributed by atoms with Crippen molar-refractivity contribution >= 4 is 12.3 Å². The van der Waals surface area contributed by atoms with Gasteiger partial charge < -0.3 is 9.30 Å². The van der Waals surface area contributed by atoms with Gasteiger partial charge in [0.15, 0.2) is 6.29 Å². The van der Waals surface area contributed by atoms with E-state index in [-0.39, 0.29) is 11.3 Å². The molecule has 0 spiro atoms. The maximum absolute atomic E-state index is 12.4. The minimum Gasteiger partial charge on any atom is -0.464 e. The highest BCUT2D eigenvalue weighted by Crippen LogP contribution is 2.22. The number of nitrogens with zero attached hydrogens (tertiary/aromatic N) is 1. The van der Waals surface area contributed by atoms with Crippen LogP contribution in [-0.4, -0.2) is 30.4 Å². The maximum atomic E-state index is 12.4. The molecule has 4 nitrogen and oxygen atoms in total. The number of rotatable bonds is 4. The zero-order valence-corrected chi connectivity index (χ0v) is 9.79. The fourth-order valence-electron chi connectivity index (χ4n) is 1.72. The molecule has 0 saturated heterocycles. The Bertz CT molecular complexity index is 452. The molecule has 94 valence electrons. The number of hydrogen-bond acceptors (Lipinski definition) is 3. The third-order valence-electron chi connectivity index (χ3n) is 2.69. The fraction of sp³-hybridized carbons (Fsp3) is 0.455. The molecular weight excluding hydrogens is 232 g/mol. The second kappa shape index (κ2) is 5.07. The van der Waals surface area contributed by atoms with Gasteiger partial charge in [0, 0.05) is 5.69 Å². The second-order valence-corrected chi connectivity index (χ2v) is 3.58. The van der Waals surface area contributed by atoms with Gasteiger partial charge in [-0.05, 0) is 19.4 Å². The Morgan fingerprint density at radius 3 is 2.47 bits per heavy atom. The SMILES string of the molecule is COC(=O)c1c(C=O)c(C)c(C)n1CC(F)F. The summed E-state index contributed by atoms with van der Waals surface area (Å²) >= 11 is 0. The first-order valence-corrected chi connectivity index (χ1v) is 4.95. The Kier molecular flexibility index (Phi) is 3.98. The van der Waals surface area contributed by atoms with Crippen molar-refractivity contribution < 1.29 is 23.1 Å². The van der Waals surface area contributed by atoms with E-state index in [0.29, 0.717) is 17.5 Å². The molecule has 0 N–H and O–H groups in total. The minimum atomic E-state index is -2.61. The van der Waals surface area contributed by atoms with Gasteiger partial charge in [-0.15, -0.1) is 0 Å². The minimum absolute atomic E-state index is 0.106. The molecule has 1 heterocycles. The van der Waals surface area contributed by atoms with Crippen molar-refractivity contribution in [3.05, 3.63) is 22.5 Å². The molecule has 0 unspecified atom stereocenters. The van der Waals surface area contributed by atoms with E-state index in [1.807, 2.05) is 0 Å². The summed E-state index contributed by atoms with van der Waals surface area (Å²) in [5.41, 5.74) is 0.974. The molecule has 0 radical (unpaired) electrons. The third kappa shape index (κ3) is 2.35. The smallest absolute Gasteiger partial charge is 0.355 e. The van der Waals surface area contributed by atoms with Gasteiger partial charge in [0.05, 0.1) is 19.2 Å². The lowest BCUT2D eigenvalue weighted by molar-refractivity contribution is 0.0577. The molecule has 0 aromatic carbocycles. The highest BCUT2D eigenvalue weighted by Gasteiger charge is 2.24. The Morgan fingerprint density at radius 2 is 2.06 bits per heavy atom. The molecule has 0 aliphatic carbocycles. The molecule has 1 aromatic heterocycles. The number of esters is 1. The highest BCUT2D eigenvalue weighted by molar-refractivity contribution is 5.98. The van der Waals surface area contributed by atoms with Crippen LogP contribution < -0.4 is 0 Å². The van der Waals surface area contributed by atoms with Crippen molar-refractivity contribution in [2.75, 3.05) is 7.11 Å². The molecule has 1 rings (SSSR count). The van der Waals surface area contributed by atoms with Crippen molar-refractivity contribution in [1.29, 1.82) is 0 Å². The quantitative estimate of drug-likeness (QED) is 0.602. The normalized spacial score (nSPS) is 10.7. The van der Waals surface area contributed by atoms with E-state index in [0.717, 1.165) is 11.7 Å². The van der Waals surface area contributed by atoms with E-state index in [9.17, 15) is 18.4 Å². The summed E-state index contributed by atoms with van der Waals surface area (Å²) in [7, 11) is 1.14. The van der Waals surface area contributed by atoms with Gasteiger partial charge in [0.1, 0.15) is 5.69 Å². The Morgan fingerprint density at radius 1 is 1.47 bits per heavy atom. The lowest BCUT2D eigenvalue weighted by Gasteiger charge is -2.09. The van der Waals surface area contributed by atoms with E-state index < -0.39 is 18.9 Å². The molecule has 0 aliphatic rings. The fourth-order valence-corrected chi connectivity index (χ4v) is 1.72. The van der Waals surface area contributed by atoms with Crippen LogP contribution >= 0.6 is 0 Å². The summed E-state index contributed by atoms with van der Waals surface area (Å²) in [6.45, 7) is 2.55. The van der Waals surface area contributed by atoms with Crippen LogP contribution in [0.2, 0.25) is 0 Å². The summed E-state index contributed by atoms with van der Waals surface area (Å²) < 4.78 is 30.5. The zero-order chi connectivity index (χ0) is 13.2. The first kappa shape index (κ1) is 13.3. The average Bonchev–Trinajstić information content (AvgIpc) is 2.51. The molecule has 0 bridgehead atoms. The van der Waals surface area contributed by atoms with E-state index in [4.69, 9.17) is 0 Å². The summed E-state index contributed by atoms with van der Waals surface area (Å²) in [5, 5.41) is 0. The third-order valence-corrected chi connectivity index (χ3v) is 2.69. The molecule has 0 aliphatic heterocycles. The van der Waals surface area contributed by atoms with E-state index >= 15 is 0 Å². The summed E-state index contributed by atoms with van der Waals surface area (Å²) in [5.74, 6) is -0.788. The average molecular weight is 245 g/mol. The largest absolute Gasteiger partial charge is 0.464 e. The van der Waals surface area contributed by atoms with Crippen LogP contribution in [0, 0.1) is 13.8 Å². The van der Waals surface area contributed by atoms with Crippen molar-refractivity contribution in [3.8, 4) is 0 Å². The van der Waals surface area contributed by atoms with Crippen LogP contribution in [0.25, 0.3) is 0 Å². The van der Waals surface area contributed by atoms with Gasteiger partial charge in [-0.3, -0.25) is 4.79 Å². The molecule has 6 heteroatoms. The highest BCUT2D eigenvalue weighted by atomic mass is 19.3. The Balaban J connectivity index is 3.45. The van der Waals surface area contributed by atoms with Crippen molar-refractivity contribution in [2.45, 2.75) is 26.8 Å². The van der Waals surface area contributed by atoms with Crippen LogP contribution in [0.3, 0.4) is 0 Å². The number of aldehydes is 1. The number of alkyl halides is 2. The summed E-state index contributed by atoms with van der Waals surface area (Å²) in [6, 6.07) is 0. The van der Waals surface area contributed by atoms with Gasteiger partial charge in [-0.25, -0.2) is 13.6 Å². The molecule has 0 fully saturated rings. The van der Waals surface area contributed by atoms with E-state index in [2.05, 4.69) is 4.74 Å². The van der Waals surface area contributed by atoms with Gasteiger partial charge in [-0.1, -0.05) is 0 Å². The van der Waals surface area contributed by atoms with Gasteiger partial charge in [0.25, 0.3) is 6.43 Å². The number of carbonyl (C=O) groups is 2. The first-order chi connectivity index (χ1) is 7.93. The number of halogens is 2. The van der Waals surface area contributed by atoms with Crippen molar-refractivity contribution in [3.63, 3.8) is 0 Å². The van der Waals surface area contributed by atoms with Crippen LogP contribution in [0.15, 0.2) is 0 Å². The van der Waals surface area contributed by atoms with Crippen molar-refractivity contribution in [1.82, 2.24) is 4.57 Å². The monoisotopic (exact) mass is 245 g/mol. The number of hydrogen-bond donors (Lipinski definition) is 0. The van der Waals surface area contributed by atoms with Gasteiger partial charge >= 0.3 is 5.97 Å².